The Morgan fingerprint density at radius 1 is 1.15 bits per heavy atom. The molecule has 1 saturated heterocycles. The summed E-state index contributed by atoms with van der Waals surface area (Å²) < 4.78 is 13.2. The number of fused-ring (bicyclic) bond motifs is 1. The zero-order chi connectivity index (χ0) is 18.8. The Morgan fingerprint density at radius 3 is 2.85 bits per heavy atom. The Bertz CT molecular complexity index is 974. The van der Waals surface area contributed by atoms with Crippen molar-refractivity contribution < 1.29 is 23.8 Å². The highest BCUT2D eigenvalue weighted by atomic mass is 16.5. The Balaban J connectivity index is 1.51. The van der Waals surface area contributed by atoms with Crippen LogP contribution < -0.4 is 0 Å². The number of hydrogen-bond donors (Lipinski definition) is 1. The second kappa shape index (κ2) is 7.28. The SMILES string of the molecule is O=C(O)C[C@@H]1COCCN1C(=O)c1ccc(Cn2ccc3ccccc32)o1. The molecule has 7 nitrogen and oxygen atoms in total. The number of para-hydroxylation sites is 1. The third kappa shape index (κ3) is 3.59. The van der Waals surface area contributed by atoms with Crippen molar-refractivity contribution >= 4 is 22.8 Å². The smallest absolute Gasteiger partial charge is 0.305 e. The maximum absolute atomic E-state index is 12.8. The highest BCUT2D eigenvalue weighted by molar-refractivity contribution is 5.92. The van der Waals surface area contributed by atoms with Crippen molar-refractivity contribution in [2.45, 2.75) is 19.0 Å². The number of carbonyl (C=O) groups is 2. The zero-order valence-corrected chi connectivity index (χ0v) is 14.7. The molecule has 1 aliphatic heterocycles. The molecule has 1 aromatic carbocycles. The van der Waals surface area contributed by atoms with Crippen LogP contribution in [0.4, 0.5) is 0 Å². The number of morpholine rings is 1. The van der Waals surface area contributed by atoms with Gasteiger partial charge in [0.1, 0.15) is 5.76 Å². The number of amides is 1. The molecular weight excluding hydrogens is 348 g/mol. The summed E-state index contributed by atoms with van der Waals surface area (Å²) in [5.41, 5.74) is 1.09. The van der Waals surface area contributed by atoms with Crippen LogP contribution in [0.3, 0.4) is 0 Å². The summed E-state index contributed by atoms with van der Waals surface area (Å²) in [5, 5.41) is 10.2. The van der Waals surface area contributed by atoms with Crippen LogP contribution in [0.2, 0.25) is 0 Å². The molecule has 0 radical (unpaired) electrons. The molecule has 1 atom stereocenters. The topological polar surface area (TPSA) is 84.9 Å². The first-order chi connectivity index (χ1) is 13.1. The molecule has 0 aliphatic carbocycles. The lowest BCUT2D eigenvalue weighted by molar-refractivity contribution is -0.139. The molecule has 0 bridgehead atoms. The Hall–Kier alpha value is -3.06. The summed E-state index contributed by atoms with van der Waals surface area (Å²) in [6, 6.07) is 13.0. The summed E-state index contributed by atoms with van der Waals surface area (Å²) in [4.78, 5) is 25.4. The molecule has 1 amide bonds. The maximum atomic E-state index is 12.8. The largest absolute Gasteiger partial charge is 0.481 e. The summed E-state index contributed by atoms with van der Waals surface area (Å²) in [6.07, 6.45) is 1.84. The molecule has 1 aliphatic rings. The predicted molar refractivity (Wildman–Crippen MR) is 97.6 cm³/mol. The summed E-state index contributed by atoms with van der Waals surface area (Å²) in [6.45, 7) is 1.49. The lowest BCUT2D eigenvalue weighted by Gasteiger charge is -2.34. The number of nitrogens with zero attached hydrogens (tertiary/aromatic N) is 2. The molecule has 3 aromatic rings. The number of furan rings is 1. The number of carbonyl (C=O) groups excluding carboxylic acids is 1. The van der Waals surface area contributed by atoms with E-state index in [0.29, 0.717) is 25.5 Å². The molecule has 140 valence electrons. The number of benzene rings is 1. The fourth-order valence-electron chi connectivity index (χ4n) is 3.46. The molecular formula is C20H20N2O5. The highest BCUT2D eigenvalue weighted by Gasteiger charge is 2.31. The first kappa shape index (κ1) is 17.4. The van der Waals surface area contributed by atoms with Gasteiger partial charge in [-0.3, -0.25) is 9.59 Å². The highest BCUT2D eigenvalue weighted by Crippen LogP contribution is 2.20. The Kier molecular flexibility index (Phi) is 4.68. The van der Waals surface area contributed by atoms with E-state index in [9.17, 15) is 9.59 Å². The first-order valence-electron chi connectivity index (χ1n) is 8.85. The molecule has 0 saturated carbocycles. The van der Waals surface area contributed by atoms with E-state index in [1.165, 1.54) is 4.90 Å². The Morgan fingerprint density at radius 2 is 2.00 bits per heavy atom. The van der Waals surface area contributed by atoms with Crippen LogP contribution in [0.15, 0.2) is 53.1 Å². The van der Waals surface area contributed by atoms with E-state index < -0.39 is 12.0 Å². The van der Waals surface area contributed by atoms with Gasteiger partial charge in [-0.25, -0.2) is 0 Å². The normalized spacial score (nSPS) is 17.3. The number of aliphatic carboxylic acids is 1. The van der Waals surface area contributed by atoms with Gasteiger partial charge in [0.2, 0.25) is 0 Å². The first-order valence-corrected chi connectivity index (χ1v) is 8.85. The molecule has 2 aromatic heterocycles. The number of carboxylic acid groups (broad SMARTS) is 1. The third-order valence-corrected chi connectivity index (χ3v) is 4.78. The molecule has 3 heterocycles. The zero-order valence-electron chi connectivity index (χ0n) is 14.7. The molecule has 7 heteroatoms. The predicted octanol–water partition coefficient (Wildman–Crippen LogP) is 2.60. The number of carboxylic acids is 1. The summed E-state index contributed by atoms with van der Waals surface area (Å²) in [7, 11) is 0. The van der Waals surface area contributed by atoms with Gasteiger partial charge in [0.25, 0.3) is 5.91 Å². The van der Waals surface area contributed by atoms with Gasteiger partial charge in [0.05, 0.1) is 32.2 Å². The minimum atomic E-state index is -0.956. The van der Waals surface area contributed by atoms with Crippen molar-refractivity contribution in [3.63, 3.8) is 0 Å². The fourth-order valence-corrected chi connectivity index (χ4v) is 3.46. The van der Waals surface area contributed by atoms with Crippen LogP contribution in [0.1, 0.15) is 22.7 Å². The minimum Gasteiger partial charge on any atom is -0.481 e. The van der Waals surface area contributed by atoms with Gasteiger partial charge in [0, 0.05) is 18.3 Å². The van der Waals surface area contributed by atoms with E-state index in [4.69, 9.17) is 14.3 Å². The van der Waals surface area contributed by atoms with Crippen molar-refractivity contribution in [2.24, 2.45) is 0 Å². The van der Waals surface area contributed by atoms with Crippen molar-refractivity contribution in [1.82, 2.24) is 9.47 Å². The average Bonchev–Trinajstić information content (AvgIpc) is 3.29. The second-order valence-corrected chi connectivity index (χ2v) is 6.59. The maximum Gasteiger partial charge on any atom is 0.305 e. The van der Waals surface area contributed by atoms with E-state index >= 15 is 0 Å². The van der Waals surface area contributed by atoms with Gasteiger partial charge in [-0.15, -0.1) is 0 Å². The van der Waals surface area contributed by atoms with E-state index in [-0.39, 0.29) is 24.7 Å². The molecule has 1 fully saturated rings. The number of ether oxygens (including phenoxy) is 1. The number of aromatic nitrogens is 1. The second-order valence-electron chi connectivity index (χ2n) is 6.59. The average molecular weight is 368 g/mol. The van der Waals surface area contributed by atoms with E-state index in [1.54, 1.807) is 12.1 Å². The van der Waals surface area contributed by atoms with Gasteiger partial charge in [0.15, 0.2) is 5.76 Å². The van der Waals surface area contributed by atoms with Crippen LogP contribution in [0, 0.1) is 0 Å². The van der Waals surface area contributed by atoms with Crippen molar-refractivity contribution in [3.8, 4) is 0 Å². The van der Waals surface area contributed by atoms with Gasteiger partial charge >= 0.3 is 5.97 Å². The lowest BCUT2D eigenvalue weighted by Crippen LogP contribution is -2.49. The number of rotatable bonds is 5. The lowest BCUT2D eigenvalue weighted by atomic mass is 10.1. The van der Waals surface area contributed by atoms with Gasteiger partial charge in [-0.2, -0.15) is 0 Å². The Labute approximate surface area is 155 Å². The monoisotopic (exact) mass is 368 g/mol. The van der Waals surface area contributed by atoms with Crippen LogP contribution in [0.5, 0.6) is 0 Å². The standard InChI is InChI=1S/C20H20N2O5/c23-19(24)11-15-13-26-10-9-22(15)20(25)18-6-5-16(27-18)12-21-8-7-14-3-1-2-4-17(14)21/h1-8,15H,9-13H2,(H,23,24)/t15-/m1/s1. The van der Waals surface area contributed by atoms with Crippen LogP contribution in [-0.4, -0.2) is 52.3 Å². The van der Waals surface area contributed by atoms with Crippen molar-refractivity contribution in [1.29, 1.82) is 0 Å². The van der Waals surface area contributed by atoms with Crippen LogP contribution in [-0.2, 0) is 16.1 Å². The molecule has 27 heavy (non-hydrogen) atoms. The molecule has 1 N–H and O–H groups in total. The van der Waals surface area contributed by atoms with E-state index in [1.807, 2.05) is 36.5 Å². The number of hydrogen-bond acceptors (Lipinski definition) is 4. The fraction of sp³-hybridized carbons (Fsp3) is 0.300. The summed E-state index contributed by atoms with van der Waals surface area (Å²) >= 11 is 0. The minimum absolute atomic E-state index is 0.144. The molecule has 0 spiro atoms. The van der Waals surface area contributed by atoms with Gasteiger partial charge < -0.3 is 23.7 Å². The van der Waals surface area contributed by atoms with Gasteiger partial charge in [-0.05, 0) is 29.7 Å². The third-order valence-electron chi connectivity index (χ3n) is 4.78. The van der Waals surface area contributed by atoms with Crippen molar-refractivity contribution in [2.75, 3.05) is 19.8 Å². The molecule has 4 rings (SSSR count). The van der Waals surface area contributed by atoms with Crippen LogP contribution in [0.25, 0.3) is 10.9 Å². The quantitative estimate of drug-likeness (QED) is 0.748. The van der Waals surface area contributed by atoms with Crippen molar-refractivity contribution in [3.05, 3.63) is 60.2 Å². The van der Waals surface area contributed by atoms with Gasteiger partial charge in [-0.1, -0.05) is 18.2 Å². The van der Waals surface area contributed by atoms with E-state index in [2.05, 4.69) is 4.57 Å². The van der Waals surface area contributed by atoms with Crippen LogP contribution >= 0.6 is 0 Å². The van der Waals surface area contributed by atoms with E-state index in [0.717, 1.165) is 10.9 Å². The summed E-state index contributed by atoms with van der Waals surface area (Å²) in [5.74, 6) is -0.363. The molecule has 0 unspecified atom stereocenters.